The third-order valence-corrected chi connectivity index (χ3v) is 7.07. The van der Waals surface area contributed by atoms with Crippen LogP contribution in [0.1, 0.15) is 43.7 Å². The van der Waals surface area contributed by atoms with Crippen LogP contribution in [0.3, 0.4) is 0 Å². The Labute approximate surface area is 232 Å². The molecule has 0 N–H and O–H groups in total. The second-order valence-corrected chi connectivity index (χ2v) is 11.1. The number of aryl methyl sites for hydroxylation is 1. The molecule has 2 aromatic heterocycles. The summed E-state index contributed by atoms with van der Waals surface area (Å²) in [6.45, 7) is 7.96. The fourth-order valence-electron chi connectivity index (χ4n) is 5.28. The summed E-state index contributed by atoms with van der Waals surface area (Å²) in [6, 6.07) is 22.1. The summed E-state index contributed by atoms with van der Waals surface area (Å²) in [7, 11) is 2.98. The largest absolute Gasteiger partial charge is 0.467 e. The fourth-order valence-corrected chi connectivity index (χ4v) is 5.28. The Balaban J connectivity index is 1.95. The van der Waals surface area contributed by atoms with Gasteiger partial charge in [0.2, 0.25) is 0 Å². The quantitative estimate of drug-likeness (QED) is 0.225. The van der Waals surface area contributed by atoms with Gasteiger partial charge in [-0.2, -0.15) is 0 Å². The van der Waals surface area contributed by atoms with E-state index >= 15 is 0 Å². The molecule has 7 heteroatoms. The maximum absolute atomic E-state index is 14.3. The molecule has 0 aliphatic carbocycles. The predicted octanol–water partition coefficient (Wildman–Crippen LogP) is 6.69. The summed E-state index contributed by atoms with van der Waals surface area (Å²) < 4.78 is 28.6. The number of pyridine rings is 1. The zero-order valence-electron chi connectivity index (χ0n) is 23.6. The van der Waals surface area contributed by atoms with Gasteiger partial charge in [-0.25, -0.2) is 9.18 Å². The molecule has 0 spiro atoms. The summed E-state index contributed by atoms with van der Waals surface area (Å²) in [5.41, 5.74) is 4.31. The Morgan fingerprint density at radius 2 is 1.62 bits per heavy atom. The highest BCUT2D eigenvalue weighted by molar-refractivity contribution is 6.15. The molecule has 2 heterocycles. The average Bonchev–Trinajstić information content (AvgIpc) is 3.24. The van der Waals surface area contributed by atoms with Crippen molar-refractivity contribution in [3.05, 3.63) is 106 Å². The minimum Gasteiger partial charge on any atom is -0.467 e. The van der Waals surface area contributed by atoms with Crippen LogP contribution in [0.15, 0.2) is 77.6 Å². The van der Waals surface area contributed by atoms with Crippen molar-refractivity contribution in [2.24, 2.45) is 7.05 Å². The lowest BCUT2D eigenvalue weighted by molar-refractivity contribution is -0.165. The van der Waals surface area contributed by atoms with Gasteiger partial charge in [0.15, 0.2) is 6.10 Å². The summed E-state index contributed by atoms with van der Waals surface area (Å²) in [5, 5.41) is 1.60. The van der Waals surface area contributed by atoms with E-state index in [1.54, 1.807) is 19.2 Å². The number of hydrogen-bond acceptors (Lipinski definition) is 4. The van der Waals surface area contributed by atoms with E-state index in [9.17, 15) is 14.0 Å². The topological polar surface area (TPSA) is 62.5 Å². The van der Waals surface area contributed by atoms with Crippen molar-refractivity contribution in [2.75, 3.05) is 7.11 Å². The van der Waals surface area contributed by atoms with E-state index in [1.165, 1.54) is 23.8 Å². The minimum atomic E-state index is -1.15. The Kier molecular flexibility index (Phi) is 7.10. The molecule has 1 unspecified atom stereocenters. The Hall–Kier alpha value is -4.23. The van der Waals surface area contributed by atoms with Crippen LogP contribution in [0.25, 0.3) is 32.9 Å². The molecule has 0 saturated carbocycles. The molecular weight excluding hydrogens is 507 g/mol. The highest BCUT2D eigenvalue weighted by Gasteiger charge is 2.35. The number of rotatable bonds is 6. The van der Waals surface area contributed by atoms with Crippen LogP contribution in [0.4, 0.5) is 4.39 Å². The van der Waals surface area contributed by atoms with Crippen LogP contribution in [0.2, 0.25) is 0 Å². The van der Waals surface area contributed by atoms with Crippen LogP contribution in [0.5, 0.6) is 0 Å². The monoisotopic (exact) mass is 540 g/mol. The van der Waals surface area contributed by atoms with Crippen molar-refractivity contribution in [3.8, 4) is 11.1 Å². The second kappa shape index (κ2) is 10.4. The first kappa shape index (κ1) is 27.3. The molecule has 6 nitrogen and oxygen atoms in total. The molecule has 206 valence electrons. The van der Waals surface area contributed by atoms with Crippen LogP contribution in [-0.4, -0.2) is 27.8 Å². The van der Waals surface area contributed by atoms with Gasteiger partial charge in [-0.1, -0.05) is 60.2 Å². The first-order chi connectivity index (χ1) is 19.0. The zero-order valence-corrected chi connectivity index (χ0v) is 23.6. The predicted molar refractivity (Wildman–Crippen MR) is 156 cm³/mol. The molecule has 3 aromatic carbocycles. The van der Waals surface area contributed by atoms with Crippen molar-refractivity contribution < 1.29 is 18.7 Å². The Bertz CT molecular complexity index is 1780. The van der Waals surface area contributed by atoms with E-state index in [2.05, 4.69) is 0 Å². The van der Waals surface area contributed by atoms with Crippen LogP contribution < -0.4 is 5.56 Å². The Morgan fingerprint density at radius 1 is 0.975 bits per heavy atom. The van der Waals surface area contributed by atoms with Crippen LogP contribution in [-0.2, 0) is 27.9 Å². The molecule has 0 aliphatic rings. The van der Waals surface area contributed by atoms with Gasteiger partial charge in [0.25, 0.3) is 5.56 Å². The lowest BCUT2D eigenvalue weighted by Gasteiger charge is -2.29. The molecule has 40 heavy (non-hydrogen) atoms. The summed E-state index contributed by atoms with van der Waals surface area (Å²) in [5.74, 6) is -0.909. The standard InChI is InChI=1S/C33H33FN2O4/c1-20-11-15-22(16-12-20)26-27-24-9-7-8-10-25(24)36(19-21-13-17-23(34)18-14-21)29(27)31(37)35(5)28(26)30(32(38)39-6)40-33(2,3)4/h7-18,30H,19H2,1-6H3. The third-order valence-electron chi connectivity index (χ3n) is 7.07. The summed E-state index contributed by atoms with van der Waals surface area (Å²) in [4.78, 5) is 27.5. The number of carbonyl (C=O) groups is 1. The van der Waals surface area contributed by atoms with Gasteiger partial charge < -0.3 is 18.6 Å². The van der Waals surface area contributed by atoms with Gasteiger partial charge in [0.1, 0.15) is 11.3 Å². The average molecular weight is 541 g/mol. The number of para-hydroxylation sites is 1. The summed E-state index contributed by atoms with van der Waals surface area (Å²) >= 11 is 0. The maximum Gasteiger partial charge on any atom is 0.341 e. The maximum atomic E-state index is 14.3. The molecular formula is C33H33FN2O4. The number of aromatic nitrogens is 2. The van der Waals surface area contributed by atoms with E-state index < -0.39 is 17.7 Å². The number of nitrogens with zero attached hydrogens (tertiary/aromatic N) is 2. The number of halogens is 1. The molecule has 5 aromatic rings. The highest BCUT2D eigenvalue weighted by atomic mass is 19.1. The molecule has 0 fully saturated rings. The first-order valence-corrected chi connectivity index (χ1v) is 13.2. The van der Waals surface area contributed by atoms with E-state index in [4.69, 9.17) is 9.47 Å². The third kappa shape index (κ3) is 4.93. The van der Waals surface area contributed by atoms with Crippen LogP contribution in [0, 0.1) is 12.7 Å². The van der Waals surface area contributed by atoms with E-state index in [0.29, 0.717) is 17.8 Å². The molecule has 0 saturated heterocycles. The molecule has 0 radical (unpaired) electrons. The first-order valence-electron chi connectivity index (χ1n) is 13.2. The van der Waals surface area contributed by atoms with Gasteiger partial charge in [0.05, 0.1) is 18.4 Å². The van der Waals surface area contributed by atoms with E-state index in [-0.39, 0.29) is 11.4 Å². The van der Waals surface area contributed by atoms with Gasteiger partial charge in [-0.3, -0.25) is 4.79 Å². The molecule has 0 amide bonds. The zero-order chi connectivity index (χ0) is 28.8. The van der Waals surface area contributed by atoms with Gasteiger partial charge in [-0.05, 0) is 57.0 Å². The van der Waals surface area contributed by atoms with Crippen LogP contribution >= 0.6 is 0 Å². The minimum absolute atomic E-state index is 0.273. The van der Waals surface area contributed by atoms with Gasteiger partial charge in [-0.15, -0.1) is 0 Å². The summed E-state index contributed by atoms with van der Waals surface area (Å²) in [6.07, 6.45) is -1.15. The van der Waals surface area contributed by atoms with Crippen molar-refractivity contribution >= 4 is 27.8 Å². The SMILES string of the molecule is COC(=O)C(OC(C)(C)C)c1c(-c2ccc(C)cc2)c2c3ccccc3n(Cc3ccc(F)cc3)c2c(=O)n1C. The van der Waals surface area contributed by atoms with Gasteiger partial charge in [0, 0.05) is 35.4 Å². The number of methoxy groups -OCH3 is 1. The van der Waals surface area contributed by atoms with E-state index in [0.717, 1.165) is 38.5 Å². The second-order valence-electron chi connectivity index (χ2n) is 11.1. The normalized spacial score (nSPS) is 12.7. The molecule has 1 atom stereocenters. The number of carbonyl (C=O) groups excluding carboxylic acids is 1. The van der Waals surface area contributed by atoms with Crippen molar-refractivity contribution in [2.45, 2.75) is 45.9 Å². The van der Waals surface area contributed by atoms with Crippen molar-refractivity contribution in [1.29, 1.82) is 0 Å². The van der Waals surface area contributed by atoms with Crippen molar-refractivity contribution in [3.63, 3.8) is 0 Å². The number of benzene rings is 3. The molecule has 0 aliphatic heterocycles. The van der Waals surface area contributed by atoms with E-state index in [1.807, 2.05) is 80.8 Å². The number of hydrogen-bond donors (Lipinski definition) is 0. The lowest BCUT2D eigenvalue weighted by atomic mass is 9.94. The fraction of sp³-hybridized carbons (Fsp3) is 0.273. The number of fused-ring (bicyclic) bond motifs is 3. The van der Waals surface area contributed by atoms with Gasteiger partial charge >= 0.3 is 5.97 Å². The molecule has 0 bridgehead atoms. The number of esters is 1. The molecule has 5 rings (SSSR count). The number of ether oxygens (including phenoxy) is 2. The highest BCUT2D eigenvalue weighted by Crippen LogP contribution is 2.41. The van der Waals surface area contributed by atoms with Crippen molar-refractivity contribution in [1.82, 2.24) is 9.13 Å². The Morgan fingerprint density at radius 3 is 2.25 bits per heavy atom. The smallest absolute Gasteiger partial charge is 0.341 e. The lowest BCUT2D eigenvalue weighted by Crippen LogP contribution is -2.33.